The summed E-state index contributed by atoms with van der Waals surface area (Å²) in [5.41, 5.74) is 6.35. The van der Waals surface area contributed by atoms with E-state index in [0.717, 1.165) is 9.80 Å². The molecule has 390 valence electrons. The summed E-state index contributed by atoms with van der Waals surface area (Å²) >= 11 is 0. The third-order valence-electron chi connectivity index (χ3n) is 12.9. The van der Waals surface area contributed by atoms with Gasteiger partial charge in [-0.25, -0.2) is 9.59 Å². The van der Waals surface area contributed by atoms with Crippen LogP contribution in [0.1, 0.15) is 98.1 Å². The Kier molecular flexibility index (Phi) is 21.2. The zero-order valence-electron chi connectivity index (χ0n) is 41.9. The van der Waals surface area contributed by atoms with Gasteiger partial charge in [-0.1, -0.05) is 90.4 Å². The van der Waals surface area contributed by atoms with Gasteiger partial charge in [0.1, 0.15) is 60.4 Å². The number of hydrogen-bond acceptors (Lipinski definition) is 12. The van der Waals surface area contributed by atoms with Crippen LogP contribution in [0.3, 0.4) is 0 Å². The average Bonchev–Trinajstić information content (AvgIpc) is 3.32. The maximum atomic E-state index is 15.1. The fourth-order valence-electron chi connectivity index (χ4n) is 8.45. The lowest BCUT2D eigenvalue weighted by molar-refractivity contribution is -0.165. The van der Waals surface area contributed by atoms with Crippen molar-refractivity contribution in [2.75, 3.05) is 13.6 Å². The summed E-state index contributed by atoms with van der Waals surface area (Å²) in [7, 11) is 1.37. The number of benzene rings is 2. The fourth-order valence-corrected chi connectivity index (χ4v) is 8.45. The molecule has 10 N–H and O–H groups in total. The number of amides is 9. The number of hydrogen-bond donors (Lipinski definition) is 9. The molecule has 2 saturated heterocycles. The quantitative estimate of drug-likeness (QED) is 0.0837. The number of cyclic esters (lactones) is 1. The number of primary amides is 1. The Hall–Kier alpha value is -6.77. The molecule has 0 aromatic heterocycles. The Labute approximate surface area is 415 Å². The summed E-state index contributed by atoms with van der Waals surface area (Å²) < 4.78 is 5.97. The summed E-state index contributed by atoms with van der Waals surface area (Å²) in [4.78, 5) is 129. The number of phenols is 1. The molecule has 2 unspecified atom stereocenters. The molecular formula is C50H73N9O12. The Balaban J connectivity index is 1.88. The van der Waals surface area contributed by atoms with Crippen LogP contribution in [0.2, 0.25) is 0 Å². The summed E-state index contributed by atoms with van der Waals surface area (Å²) in [6.45, 7) is 11.7. The molecular weight excluding hydrogens is 919 g/mol. The van der Waals surface area contributed by atoms with Gasteiger partial charge >= 0.3 is 12.0 Å². The van der Waals surface area contributed by atoms with Crippen LogP contribution in [-0.2, 0) is 55.9 Å². The third kappa shape index (κ3) is 16.1. The van der Waals surface area contributed by atoms with Crippen LogP contribution in [0.5, 0.6) is 5.75 Å². The highest BCUT2D eigenvalue weighted by Crippen LogP contribution is 2.26. The lowest BCUT2D eigenvalue weighted by Crippen LogP contribution is -2.65. The zero-order chi connectivity index (χ0) is 52.7. The molecule has 0 aliphatic carbocycles. The van der Waals surface area contributed by atoms with E-state index in [1.807, 2.05) is 0 Å². The van der Waals surface area contributed by atoms with Gasteiger partial charge in [-0.15, -0.1) is 0 Å². The van der Waals surface area contributed by atoms with E-state index in [0.29, 0.717) is 17.5 Å². The fraction of sp³-hybridized carbons (Fsp3) is 0.580. The Bertz CT molecular complexity index is 2190. The molecule has 0 spiro atoms. The van der Waals surface area contributed by atoms with E-state index in [1.54, 1.807) is 84.0 Å². The van der Waals surface area contributed by atoms with Crippen LogP contribution in [0, 0.1) is 17.8 Å². The van der Waals surface area contributed by atoms with Crippen LogP contribution in [-0.4, -0.2) is 142 Å². The number of fused-ring (bicyclic) bond motifs is 2. The number of carbonyl (C=O) groups excluding carboxylic acids is 9. The number of esters is 1. The van der Waals surface area contributed by atoms with Gasteiger partial charge in [0, 0.05) is 32.4 Å². The lowest BCUT2D eigenvalue weighted by atomic mass is 9.94. The van der Waals surface area contributed by atoms with Crippen LogP contribution in [0.15, 0.2) is 54.6 Å². The molecule has 2 aromatic carbocycles. The zero-order valence-corrected chi connectivity index (χ0v) is 41.9. The van der Waals surface area contributed by atoms with Crippen LogP contribution in [0.4, 0.5) is 4.79 Å². The predicted octanol–water partition coefficient (Wildman–Crippen LogP) is 0.880. The number of aromatic hydroxyl groups is 1. The van der Waals surface area contributed by atoms with Crippen molar-refractivity contribution in [1.29, 1.82) is 0 Å². The van der Waals surface area contributed by atoms with Crippen molar-refractivity contribution in [3.05, 3.63) is 65.7 Å². The molecule has 21 nitrogen and oxygen atoms in total. The molecule has 2 bridgehead atoms. The average molecular weight is 992 g/mol. The number of piperidine rings is 1. The molecule has 10 atom stereocenters. The van der Waals surface area contributed by atoms with Crippen molar-refractivity contribution < 1.29 is 58.1 Å². The van der Waals surface area contributed by atoms with Crippen LogP contribution >= 0.6 is 0 Å². The number of aliphatic hydroxyl groups excluding tert-OH is 1. The van der Waals surface area contributed by atoms with E-state index in [-0.39, 0.29) is 63.2 Å². The first kappa shape index (κ1) is 56.8. The van der Waals surface area contributed by atoms with Gasteiger partial charge in [-0.05, 0) is 74.1 Å². The highest BCUT2D eigenvalue weighted by atomic mass is 16.5. The molecule has 21 heteroatoms. The summed E-state index contributed by atoms with van der Waals surface area (Å²) in [6.07, 6.45) is -2.83. The van der Waals surface area contributed by atoms with Crippen molar-refractivity contribution in [2.24, 2.45) is 23.5 Å². The van der Waals surface area contributed by atoms with Gasteiger partial charge in [0.05, 0.1) is 0 Å². The molecule has 4 rings (SSSR count). The lowest BCUT2D eigenvalue weighted by Gasteiger charge is -2.43. The number of urea groups is 1. The molecule has 2 heterocycles. The van der Waals surface area contributed by atoms with Gasteiger partial charge in [0.2, 0.25) is 41.4 Å². The molecule has 0 radical (unpaired) electrons. The third-order valence-corrected chi connectivity index (χ3v) is 12.9. The van der Waals surface area contributed by atoms with E-state index < -0.39 is 120 Å². The van der Waals surface area contributed by atoms with Crippen LogP contribution < -0.4 is 37.6 Å². The van der Waals surface area contributed by atoms with Crippen molar-refractivity contribution >= 4 is 53.4 Å². The topological polar surface area (TPSA) is 308 Å². The Morgan fingerprint density at radius 1 is 0.817 bits per heavy atom. The highest BCUT2D eigenvalue weighted by Gasteiger charge is 2.46. The van der Waals surface area contributed by atoms with Gasteiger partial charge in [0.15, 0.2) is 0 Å². The maximum Gasteiger partial charge on any atom is 0.329 e. The number of phenolic OH excluding ortho intramolecular Hbond substituents is 1. The van der Waals surface area contributed by atoms with E-state index >= 15 is 4.79 Å². The minimum Gasteiger partial charge on any atom is -0.508 e. The SMILES string of the molecule is CCC(C)[C@@H]1NC(=O)[C@H](Cc2ccc(O)cc2)N(C)C(=O)[C@H](Cc2ccccc2)N2C(=O)C(CC[C@@H]2O)NC(=O)[C@H](CC(C)C)NC(=O)[C@@H](NC(=O)[C@H](CCCNC(N)=O)NC(=O)C(C)C)[C@H](C)OC1=O. The Morgan fingerprint density at radius 3 is 2.06 bits per heavy atom. The summed E-state index contributed by atoms with van der Waals surface area (Å²) in [5, 5.41) is 37.6. The van der Waals surface area contributed by atoms with Gasteiger partial charge in [-0.3, -0.25) is 33.6 Å². The van der Waals surface area contributed by atoms with Crippen molar-refractivity contribution in [3.63, 3.8) is 0 Å². The molecule has 2 aliphatic heterocycles. The first-order valence-electron chi connectivity index (χ1n) is 24.4. The number of nitrogens with zero attached hydrogens (tertiary/aromatic N) is 2. The largest absolute Gasteiger partial charge is 0.508 e. The van der Waals surface area contributed by atoms with E-state index in [4.69, 9.17) is 10.5 Å². The highest BCUT2D eigenvalue weighted by molar-refractivity contribution is 5.98. The minimum absolute atomic E-state index is 0.0246. The number of aliphatic hydroxyl groups is 1. The second kappa shape index (κ2) is 26.4. The molecule has 2 aliphatic rings. The molecule has 0 saturated carbocycles. The maximum absolute atomic E-state index is 15.1. The second-order valence-corrected chi connectivity index (χ2v) is 19.2. The monoisotopic (exact) mass is 992 g/mol. The predicted molar refractivity (Wildman–Crippen MR) is 260 cm³/mol. The molecule has 9 amide bonds. The smallest absolute Gasteiger partial charge is 0.329 e. The molecule has 2 fully saturated rings. The summed E-state index contributed by atoms with van der Waals surface area (Å²) in [6, 6.07) is 4.10. The number of rotatable bonds is 16. The van der Waals surface area contributed by atoms with Crippen molar-refractivity contribution in [2.45, 2.75) is 154 Å². The van der Waals surface area contributed by atoms with Crippen molar-refractivity contribution in [1.82, 2.24) is 41.7 Å². The minimum atomic E-state index is -1.72. The van der Waals surface area contributed by atoms with Gasteiger partial charge in [-0.2, -0.15) is 0 Å². The number of nitrogens with one attached hydrogen (secondary N) is 6. The second-order valence-electron chi connectivity index (χ2n) is 19.2. The number of likely N-dealkylation sites (N-methyl/N-ethyl adjacent to an activating group) is 1. The number of carbonyl (C=O) groups is 9. The normalized spacial score (nSPS) is 24.8. The van der Waals surface area contributed by atoms with E-state index in [1.165, 1.54) is 26.1 Å². The summed E-state index contributed by atoms with van der Waals surface area (Å²) in [5.74, 6) is -7.89. The first-order valence-corrected chi connectivity index (χ1v) is 24.4. The van der Waals surface area contributed by atoms with E-state index in [2.05, 4.69) is 31.9 Å². The number of nitrogens with two attached hydrogens (primary N) is 1. The number of ether oxygens (including phenoxy) is 1. The first-order chi connectivity index (χ1) is 33.5. The molecule has 2 aromatic rings. The standard InChI is InChI=1S/C50H73N9O12/c1-9-29(6)40-49(69)71-30(7)41(57-43(63)34(53-42(62)28(4)5)16-13-23-52-50(51)70)46(66)55-36(24-27(2)3)44(64)54-35-21-22-39(61)59(47(35)67)38(26-31-14-11-10-12-15-31)48(68)58(8)37(45(65)56-40)25-32-17-19-33(60)20-18-32/h10-12,14-15,17-20,27-30,34-41,60-61H,9,13,16,21-26H2,1-8H3,(H,53,62)(H,54,64)(H,55,66)(H,56,65)(H,57,63)(H3,51,52,70)/t29?,30-,34-,35?,36-,37-,38-,39-,40-,41-/m0/s1. The van der Waals surface area contributed by atoms with Crippen LogP contribution in [0.25, 0.3) is 0 Å². The Morgan fingerprint density at radius 2 is 1.45 bits per heavy atom. The van der Waals surface area contributed by atoms with Crippen molar-refractivity contribution in [3.8, 4) is 5.75 Å². The van der Waals surface area contributed by atoms with Gasteiger partial charge in [0.25, 0.3) is 0 Å². The van der Waals surface area contributed by atoms with Gasteiger partial charge < -0.3 is 62.4 Å². The van der Waals surface area contributed by atoms with E-state index in [9.17, 15) is 48.6 Å². The molecule has 71 heavy (non-hydrogen) atoms.